The van der Waals surface area contributed by atoms with E-state index in [1.807, 2.05) is 42.5 Å². The van der Waals surface area contributed by atoms with E-state index < -0.39 is 0 Å². The lowest BCUT2D eigenvalue weighted by molar-refractivity contribution is -0.134. The van der Waals surface area contributed by atoms with Gasteiger partial charge in [-0.25, -0.2) is 4.98 Å². The van der Waals surface area contributed by atoms with Crippen LogP contribution in [0.3, 0.4) is 0 Å². The maximum atomic E-state index is 12.7. The number of nitrogens with one attached hydrogen (secondary N) is 4. The summed E-state index contributed by atoms with van der Waals surface area (Å²) in [5.74, 6) is -0.111. The molecule has 0 radical (unpaired) electrons. The monoisotopic (exact) mass is 658 g/mol. The van der Waals surface area contributed by atoms with Crippen LogP contribution in [-0.2, 0) is 21.4 Å². The Kier molecular flexibility index (Phi) is 9.25. The quantitative estimate of drug-likeness (QED) is 0.186. The van der Waals surface area contributed by atoms with Crippen LogP contribution in [0.2, 0.25) is 5.02 Å². The van der Waals surface area contributed by atoms with E-state index in [1.54, 1.807) is 19.3 Å². The number of rotatable bonds is 10. The normalized spacial score (nSPS) is 17.8. The topological polar surface area (TPSA) is 160 Å². The molecule has 2 aliphatic rings. The van der Waals surface area contributed by atoms with Gasteiger partial charge in [-0.15, -0.1) is 0 Å². The number of fused-ring (bicyclic) bond motifs is 1. The average molecular weight is 659 g/mol. The maximum absolute atomic E-state index is 12.7. The fourth-order valence-corrected chi connectivity index (χ4v) is 6.13. The molecule has 2 unspecified atom stereocenters. The third-order valence-electron chi connectivity index (χ3n) is 8.53. The molecule has 0 spiro atoms. The molecule has 4 heterocycles. The number of amides is 3. The first-order valence-corrected chi connectivity index (χ1v) is 15.8. The Morgan fingerprint density at radius 3 is 2.77 bits per heavy atom. The lowest BCUT2D eigenvalue weighted by atomic mass is 9.90. The second-order valence-electron chi connectivity index (χ2n) is 11.6. The molecule has 2 aromatic heterocycles. The molecule has 3 amide bonds. The van der Waals surface area contributed by atoms with Crippen LogP contribution in [0.4, 0.5) is 23.1 Å². The van der Waals surface area contributed by atoms with E-state index in [1.165, 1.54) is 11.6 Å². The zero-order valence-corrected chi connectivity index (χ0v) is 26.8. The van der Waals surface area contributed by atoms with Gasteiger partial charge in [0.05, 0.1) is 17.6 Å². The molecule has 2 atom stereocenters. The first kappa shape index (κ1) is 31.8. The highest BCUT2D eigenvalue weighted by molar-refractivity contribution is 6.33. The summed E-state index contributed by atoms with van der Waals surface area (Å²) in [5, 5.41) is 12.8. The Morgan fingerprint density at radius 1 is 1.11 bits per heavy atom. The Labute approximate surface area is 275 Å². The Morgan fingerprint density at radius 2 is 1.96 bits per heavy atom. The molecule has 2 aromatic carbocycles. The lowest BCUT2D eigenvalue weighted by Crippen LogP contribution is -2.39. The van der Waals surface area contributed by atoms with E-state index in [0.29, 0.717) is 47.4 Å². The van der Waals surface area contributed by atoms with Gasteiger partial charge in [-0.3, -0.25) is 24.5 Å². The van der Waals surface area contributed by atoms with Gasteiger partial charge in [0.15, 0.2) is 18.2 Å². The van der Waals surface area contributed by atoms with Crippen molar-refractivity contribution < 1.29 is 19.1 Å². The lowest BCUT2D eigenvalue weighted by Gasteiger charge is -2.26. The summed E-state index contributed by atoms with van der Waals surface area (Å²) in [6.45, 7) is 1.16. The standard InChI is InChI=1S/C33H35ClN8O5/c1-35-29(44)18-47-27-15-20-14-22(8-10-26(20)41(2)32(27)46)38-30-25(34)17-37-33(40-30)42-12-4-7-23(42)16-36-21-6-3-5-19(13-21)24-9-11-28(43)39-31(24)45/h3,5-6,8,10,13-15,17,23-24,36H,4,7,9,11-12,16,18H2,1-2H3,(H,35,44)(H,37,38,40)(H,39,43,45). The minimum atomic E-state index is -0.345. The minimum Gasteiger partial charge on any atom is -0.478 e. The summed E-state index contributed by atoms with van der Waals surface area (Å²) in [6.07, 6.45) is 4.34. The number of benzene rings is 2. The van der Waals surface area contributed by atoms with E-state index in [-0.39, 0.29) is 47.6 Å². The molecule has 2 saturated heterocycles. The zero-order chi connectivity index (χ0) is 33.1. The Balaban J connectivity index is 1.16. The number of hydrogen-bond donors (Lipinski definition) is 4. The van der Waals surface area contributed by atoms with E-state index in [4.69, 9.17) is 21.3 Å². The third-order valence-corrected chi connectivity index (χ3v) is 8.80. The molecule has 0 aliphatic carbocycles. The number of likely N-dealkylation sites (N-methyl/N-ethyl adjacent to an activating group) is 1. The molecule has 2 fully saturated rings. The largest absolute Gasteiger partial charge is 0.478 e. The summed E-state index contributed by atoms with van der Waals surface area (Å²) >= 11 is 6.53. The van der Waals surface area contributed by atoms with Crippen molar-refractivity contribution in [2.45, 2.75) is 37.6 Å². The number of carbonyl (C=O) groups is 3. The van der Waals surface area contributed by atoms with Gasteiger partial charge < -0.3 is 30.2 Å². The van der Waals surface area contributed by atoms with Crippen LogP contribution in [0.15, 0.2) is 59.5 Å². The van der Waals surface area contributed by atoms with Gasteiger partial charge in [0, 0.05) is 56.4 Å². The minimum absolute atomic E-state index is 0.0690. The predicted octanol–water partition coefficient (Wildman–Crippen LogP) is 3.45. The fraction of sp³-hybridized carbons (Fsp3) is 0.333. The van der Waals surface area contributed by atoms with Crippen LogP contribution in [0.1, 0.15) is 37.2 Å². The van der Waals surface area contributed by atoms with Crippen LogP contribution in [0.5, 0.6) is 5.75 Å². The summed E-state index contributed by atoms with van der Waals surface area (Å²) in [6, 6.07) is 15.0. The van der Waals surface area contributed by atoms with Crippen LogP contribution >= 0.6 is 11.6 Å². The van der Waals surface area contributed by atoms with Gasteiger partial charge >= 0.3 is 0 Å². The van der Waals surface area contributed by atoms with Crippen LogP contribution in [-0.4, -0.2) is 65.0 Å². The third kappa shape index (κ3) is 6.99. The predicted molar refractivity (Wildman–Crippen MR) is 179 cm³/mol. The molecule has 4 N–H and O–H groups in total. The van der Waals surface area contributed by atoms with Crippen molar-refractivity contribution in [2.24, 2.45) is 7.05 Å². The highest BCUT2D eigenvalue weighted by Gasteiger charge is 2.29. The van der Waals surface area contributed by atoms with E-state index in [9.17, 15) is 19.2 Å². The number of nitrogens with zero attached hydrogens (tertiary/aromatic N) is 4. The maximum Gasteiger partial charge on any atom is 0.293 e. The molecule has 244 valence electrons. The number of anilines is 4. The van der Waals surface area contributed by atoms with E-state index >= 15 is 0 Å². The number of piperidine rings is 1. The van der Waals surface area contributed by atoms with Gasteiger partial charge in [-0.2, -0.15) is 4.98 Å². The van der Waals surface area contributed by atoms with Crippen molar-refractivity contribution in [3.63, 3.8) is 0 Å². The average Bonchev–Trinajstić information content (AvgIpc) is 3.54. The molecule has 47 heavy (non-hydrogen) atoms. The fourth-order valence-electron chi connectivity index (χ4n) is 5.99. The van der Waals surface area contributed by atoms with Crippen molar-refractivity contribution in [3.8, 4) is 5.75 Å². The summed E-state index contributed by atoms with van der Waals surface area (Å²) in [5.41, 5.74) is 2.81. The number of aryl methyl sites for hydroxylation is 1. The molecular weight excluding hydrogens is 624 g/mol. The Bertz CT molecular complexity index is 1910. The van der Waals surface area contributed by atoms with E-state index in [0.717, 1.165) is 36.0 Å². The molecule has 0 bridgehead atoms. The molecule has 0 saturated carbocycles. The summed E-state index contributed by atoms with van der Waals surface area (Å²) in [4.78, 5) is 59.8. The SMILES string of the molecule is CNC(=O)COc1cc2cc(Nc3nc(N4CCCC4CNc4cccc(C5CCC(=O)NC5=O)c4)ncc3Cl)ccc2n(C)c1=O. The van der Waals surface area contributed by atoms with Gasteiger partial charge in [-0.1, -0.05) is 23.7 Å². The van der Waals surface area contributed by atoms with Crippen molar-refractivity contribution in [1.29, 1.82) is 0 Å². The van der Waals surface area contributed by atoms with Gasteiger partial charge in [0.1, 0.15) is 5.02 Å². The van der Waals surface area contributed by atoms with Gasteiger partial charge in [0.2, 0.25) is 17.8 Å². The number of hydrogen-bond acceptors (Lipinski definition) is 10. The zero-order valence-electron chi connectivity index (χ0n) is 26.0. The van der Waals surface area contributed by atoms with E-state index in [2.05, 4.69) is 31.2 Å². The van der Waals surface area contributed by atoms with Crippen LogP contribution in [0.25, 0.3) is 10.9 Å². The Hall–Kier alpha value is -5.17. The summed E-state index contributed by atoms with van der Waals surface area (Å²) in [7, 11) is 3.15. The molecule has 2 aliphatic heterocycles. The first-order chi connectivity index (χ1) is 22.7. The molecule has 13 nitrogen and oxygen atoms in total. The van der Waals surface area contributed by atoms with Gasteiger partial charge in [-0.05, 0) is 61.2 Å². The number of aromatic nitrogens is 3. The number of imide groups is 1. The van der Waals surface area contributed by atoms with Crippen LogP contribution in [0, 0.1) is 0 Å². The second-order valence-corrected chi connectivity index (χ2v) is 12.0. The molecular formula is C33H35ClN8O5. The van der Waals surface area contributed by atoms with Crippen molar-refractivity contribution in [3.05, 3.63) is 75.7 Å². The number of ether oxygens (including phenoxy) is 1. The number of pyridine rings is 1. The molecule has 6 rings (SSSR count). The molecule has 14 heteroatoms. The highest BCUT2D eigenvalue weighted by Crippen LogP contribution is 2.31. The first-order valence-electron chi connectivity index (χ1n) is 15.4. The highest BCUT2D eigenvalue weighted by atomic mass is 35.5. The number of carbonyl (C=O) groups excluding carboxylic acids is 3. The summed E-state index contributed by atoms with van der Waals surface area (Å²) < 4.78 is 6.96. The molecule has 4 aromatic rings. The van der Waals surface area contributed by atoms with Gasteiger partial charge in [0.25, 0.3) is 11.5 Å². The smallest absolute Gasteiger partial charge is 0.293 e. The van der Waals surface area contributed by atoms with Crippen molar-refractivity contribution >= 4 is 63.4 Å². The van der Waals surface area contributed by atoms with Crippen molar-refractivity contribution in [2.75, 3.05) is 42.3 Å². The number of halogens is 1. The second kappa shape index (κ2) is 13.7. The van der Waals surface area contributed by atoms with Crippen LogP contribution < -0.4 is 36.5 Å². The van der Waals surface area contributed by atoms with Crippen molar-refractivity contribution in [1.82, 2.24) is 25.2 Å².